The Hall–Kier alpha value is -2.66. The Kier molecular flexibility index (Phi) is 6.48. The van der Waals surface area contributed by atoms with E-state index < -0.39 is 0 Å². The van der Waals surface area contributed by atoms with Crippen LogP contribution in [0.3, 0.4) is 0 Å². The molecule has 158 valence electrons. The van der Waals surface area contributed by atoms with Crippen LogP contribution in [0.25, 0.3) is 5.69 Å². The number of para-hydroxylation sites is 2. The summed E-state index contributed by atoms with van der Waals surface area (Å²) in [6, 6.07) is 19.7. The van der Waals surface area contributed by atoms with Crippen molar-refractivity contribution in [2.45, 2.75) is 32.6 Å². The summed E-state index contributed by atoms with van der Waals surface area (Å²) in [6.07, 6.45) is 2.10. The largest absolute Gasteiger partial charge is 0.367 e. The average Bonchev–Trinajstić information content (AvgIpc) is 3.20. The van der Waals surface area contributed by atoms with Crippen molar-refractivity contribution in [2.75, 3.05) is 37.6 Å². The first kappa shape index (κ1) is 20.6. The van der Waals surface area contributed by atoms with E-state index in [0.717, 1.165) is 62.6 Å². The lowest BCUT2D eigenvalue weighted by Gasteiger charge is -2.36. The summed E-state index contributed by atoms with van der Waals surface area (Å²) in [5.74, 6) is 0.293. The highest BCUT2D eigenvalue weighted by Crippen LogP contribution is 2.21. The molecule has 1 aromatic heterocycles. The van der Waals surface area contributed by atoms with Gasteiger partial charge < -0.3 is 4.90 Å². The highest BCUT2D eigenvalue weighted by Gasteiger charge is 2.19. The second-order valence-electron chi connectivity index (χ2n) is 8.35. The Morgan fingerprint density at radius 2 is 1.63 bits per heavy atom. The van der Waals surface area contributed by atoms with Gasteiger partial charge in [-0.3, -0.25) is 4.90 Å². The minimum Gasteiger partial charge on any atom is -0.367 e. The molecule has 0 bridgehead atoms. The third-order valence-electron chi connectivity index (χ3n) is 5.87. The van der Waals surface area contributed by atoms with Gasteiger partial charge in [0.15, 0.2) is 0 Å². The highest BCUT2D eigenvalue weighted by atomic mass is 19.1. The monoisotopic (exact) mass is 406 g/mol. The molecule has 0 saturated carbocycles. The second kappa shape index (κ2) is 9.43. The van der Waals surface area contributed by atoms with Crippen molar-refractivity contribution in [3.8, 4) is 5.69 Å². The summed E-state index contributed by atoms with van der Waals surface area (Å²) in [5.41, 5.74) is 4.27. The van der Waals surface area contributed by atoms with Gasteiger partial charge in [-0.25, -0.2) is 9.07 Å². The van der Waals surface area contributed by atoms with Crippen LogP contribution >= 0.6 is 0 Å². The van der Waals surface area contributed by atoms with E-state index in [2.05, 4.69) is 58.7 Å². The summed E-state index contributed by atoms with van der Waals surface area (Å²) >= 11 is 0. The Morgan fingerprint density at radius 1 is 0.933 bits per heavy atom. The van der Waals surface area contributed by atoms with Gasteiger partial charge in [-0.1, -0.05) is 44.2 Å². The van der Waals surface area contributed by atoms with Crippen molar-refractivity contribution < 1.29 is 4.39 Å². The second-order valence-corrected chi connectivity index (χ2v) is 8.35. The number of hydrogen-bond donors (Lipinski definition) is 0. The number of hydrogen-bond acceptors (Lipinski definition) is 3. The fourth-order valence-electron chi connectivity index (χ4n) is 4.10. The van der Waals surface area contributed by atoms with E-state index in [4.69, 9.17) is 5.10 Å². The van der Waals surface area contributed by atoms with Crippen molar-refractivity contribution in [3.05, 3.63) is 77.9 Å². The number of halogens is 1. The molecule has 2 aromatic carbocycles. The van der Waals surface area contributed by atoms with Gasteiger partial charge in [0, 0.05) is 31.9 Å². The van der Waals surface area contributed by atoms with E-state index in [-0.39, 0.29) is 5.82 Å². The average molecular weight is 407 g/mol. The van der Waals surface area contributed by atoms with E-state index in [1.54, 1.807) is 12.1 Å². The third-order valence-corrected chi connectivity index (χ3v) is 5.87. The minimum absolute atomic E-state index is 0.124. The lowest BCUT2D eigenvalue weighted by molar-refractivity contribution is 0.254. The topological polar surface area (TPSA) is 24.3 Å². The van der Waals surface area contributed by atoms with Crippen molar-refractivity contribution in [3.63, 3.8) is 0 Å². The van der Waals surface area contributed by atoms with Crippen LogP contribution in [-0.4, -0.2) is 47.4 Å². The molecule has 3 aromatic rings. The number of rotatable bonds is 7. The molecule has 0 spiro atoms. The SMILES string of the molecule is CC(C)c1cc(CCCN2CCN(c3ccccc3F)CC2)n(-c2ccccc2)n1. The summed E-state index contributed by atoms with van der Waals surface area (Å²) in [6.45, 7) is 9.14. The van der Waals surface area contributed by atoms with Crippen LogP contribution in [-0.2, 0) is 6.42 Å². The summed E-state index contributed by atoms with van der Waals surface area (Å²) in [4.78, 5) is 4.65. The molecule has 30 heavy (non-hydrogen) atoms. The molecule has 1 aliphatic rings. The molecule has 0 atom stereocenters. The summed E-state index contributed by atoms with van der Waals surface area (Å²) in [7, 11) is 0. The number of benzene rings is 2. The number of nitrogens with zero attached hydrogens (tertiary/aromatic N) is 4. The molecule has 2 heterocycles. The zero-order valence-electron chi connectivity index (χ0n) is 18.0. The van der Waals surface area contributed by atoms with E-state index in [1.165, 1.54) is 5.69 Å². The quantitative estimate of drug-likeness (QED) is 0.558. The Bertz CT molecular complexity index is 943. The van der Waals surface area contributed by atoms with Crippen molar-refractivity contribution >= 4 is 5.69 Å². The maximum atomic E-state index is 14.0. The van der Waals surface area contributed by atoms with E-state index >= 15 is 0 Å². The van der Waals surface area contributed by atoms with Crippen molar-refractivity contribution in [1.29, 1.82) is 0 Å². The van der Waals surface area contributed by atoms with Crippen LogP contribution < -0.4 is 4.90 Å². The maximum Gasteiger partial charge on any atom is 0.146 e. The molecule has 5 heteroatoms. The zero-order valence-corrected chi connectivity index (χ0v) is 18.0. The molecule has 0 radical (unpaired) electrons. The molecule has 1 fully saturated rings. The van der Waals surface area contributed by atoms with Gasteiger partial charge in [0.1, 0.15) is 5.82 Å². The number of aryl methyl sites for hydroxylation is 1. The van der Waals surface area contributed by atoms with E-state index in [1.807, 2.05) is 18.2 Å². The van der Waals surface area contributed by atoms with Crippen LogP contribution in [0.15, 0.2) is 60.7 Å². The predicted molar refractivity (Wildman–Crippen MR) is 121 cm³/mol. The number of piperazine rings is 1. The normalized spacial score (nSPS) is 15.1. The van der Waals surface area contributed by atoms with Gasteiger partial charge in [-0.05, 0) is 55.6 Å². The minimum atomic E-state index is -0.124. The molecule has 0 N–H and O–H groups in total. The standard InChI is InChI=1S/C25H31FN4/c1-20(2)24-19-22(30(27-24)21-9-4-3-5-10-21)11-8-14-28-15-17-29(18-16-28)25-13-7-6-12-23(25)26/h3-7,9-10,12-13,19-20H,8,11,14-18H2,1-2H3. The number of anilines is 1. The van der Waals surface area contributed by atoms with E-state index in [0.29, 0.717) is 5.92 Å². The van der Waals surface area contributed by atoms with Gasteiger partial charge >= 0.3 is 0 Å². The maximum absolute atomic E-state index is 14.0. The molecular formula is C25H31FN4. The molecular weight excluding hydrogens is 375 g/mol. The molecule has 4 rings (SSSR count). The van der Waals surface area contributed by atoms with Crippen LogP contribution in [0.1, 0.15) is 37.6 Å². The third kappa shape index (κ3) is 4.73. The van der Waals surface area contributed by atoms with Gasteiger partial charge in [0.25, 0.3) is 0 Å². The predicted octanol–water partition coefficient (Wildman–Crippen LogP) is 4.89. The molecule has 1 aliphatic heterocycles. The summed E-state index contributed by atoms with van der Waals surface area (Å²) < 4.78 is 16.1. The smallest absolute Gasteiger partial charge is 0.146 e. The molecule has 0 aliphatic carbocycles. The first-order valence-electron chi connectivity index (χ1n) is 11.0. The first-order valence-corrected chi connectivity index (χ1v) is 11.0. The first-order chi connectivity index (χ1) is 14.6. The van der Waals surface area contributed by atoms with E-state index in [9.17, 15) is 4.39 Å². The summed E-state index contributed by atoms with van der Waals surface area (Å²) in [5, 5.41) is 4.86. The van der Waals surface area contributed by atoms with Crippen molar-refractivity contribution in [2.24, 2.45) is 0 Å². The fraction of sp³-hybridized carbons (Fsp3) is 0.400. The molecule has 0 unspecified atom stereocenters. The van der Waals surface area contributed by atoms with Gasteiger partial charge in [0.2, 0.25) is 0 Å². The van der Waals surface area contributed by atoms with Gasteiger partial charge in [-0.15, -0.1) is 0 Å². The Labute approximate surface area is 178 Å². The lowest BCUT2D eigenvalue weighted by atomic mass is 10.1. The highest BCUT2D eigenvalue weighted by molar-refractivity contribution is 5.48. The Balaban J connectivity index is 1.33. The zero-order chi connectivity index (χ0) is 20.9. The molecule has 0 amide bonds. The van der Waals surface area contributed by atoms with Crippen LogP contribution in [0, 0.1) is 5.82 Å². The Morgan fingerprint density at radius 3 is 2.33 bits per heavy atom. The van der Waals surface area contributed by atoms with Gasteiger partial charge in [0.05, 0.1) is 17.1 Å². The number of aromatic nitrogens is 2. The lowest BCUT2D eigenvalue weighted by Crippen LogP contribution is -2.47. The fourth-order valence-corrected chi connectivity index (χ4v) is 4.10. The van der Waals surface area contributed by atoms with Crippen LogP contribution in [0.5, 0.6) is 0 Å². The van der Waals surface area contributed by atoms with Gasteiger partial charge in [-0.2, -0.15) is 5.10 Å². The van der Waals surface area contributed by atoms with Crippen LogP contribution in [0.2, 0.25) is 0 Å². The van der Waals surface area contributed by atoms with Crippen LogP contribution in [0.4, 0.5) is 10.1 Å². The molecule has 4 nitrogen and oxygen atoms in total. The molecule has 1 saturated heterocycles. The van der Waals surface area contributed by atoms with Crippen molar-refractivity contribution in [1.82, 2.24) is 14.7 Å².